The third-order valence-electron chi connectivity index (χ3n) is 1.83. The Morgan fingerprint density at radius 3 is 2.78 bits per heavy atom. The van der Waals surface area contributed by atoms with Crippen LogP contribution in [-0.4, -0.2) is 19.1 Å². The summed E-state index contributed by atoms with van der Waals surface area (Å²) in [6, 6.07) is 0. The zero-order chi connectivity index (χ0) is 6.91. The van der Waals surface area contributed by atoms with Gasteiger partial charge in [-0.1, -0.05) is 0 Å². The molecule has 0 aromatic rings. The molecular weight excluding hydrogens is 118 g/mol. The Hall–Kier alpha value is -0.570. The van der Waals surface area contributed by atoms with Crippen LogP contribution < -0.4 is 5.73 Å². The largest absolute Gasteiger partial charge is 0.465 e. The number of hydrogen-bond acceptors (Lipinski definition) is 3. The molecule has 52 valence electrons. The molecule has 9 heavy (non-hydrogen) atoms. The maximum atomic E-state index is 10.8. The summed E-state index contributed by atoms with van der Waals surface area (Å²) in [5.41, 5.74) is 4.97. The fourth-order valence-corrected chi connectivity index (χ4v) is 0.831. The van der Waals surface area contributed by atoms with E-state index < -0.39 is 0 Å². The van der Waals surface area contributed by atoms with Crippen molar-refractivity contribution in [1.29, 1.82) is 0 Å². The molecule has 1 saturated heterocycles. The lowest BCUT2D eigenvalue weighted by atomic mass is 9.90. The predicted molar refractivity (Wildman–Crippen MR) is 32.7 cm³/mol. The zero-order valence-corrected chi connectivity index (χ0v) is 5.52. The minimum atomic E-state index is -0.389. The first-order valence-corrected chi connectivity index (χ1v) is 3.06. The van der Waals surface area contributed by atoms with Crippen molar-refractivity contribution in [3.63, 3.8) is 0 Å². The molecule has 0 bridgehead atoms. The lowest BCUT2D eigenvalue weighted by molar-refractivity contribution is -0.145. The molecule has 0 amide bonds. The standard InChI is InChI=1S/C6H11NO2/c1-6(4-7)2-3-9-5(6)8/h2-4,7H2,1H3. The minimum absolute atomic E-state index is 0.148. The third-order valence-corrected chi connectivity index (χ3v) is 1.83. The van der Waals surface area contributed by atoms with Crippen LogP contribution in [0.5, 0.6) is 0 Å². The molecule has 3 heteroatoms. The molecule has 1 fully saturated rings. The topological polar surface area (TPSA) is 52.3 Å². The van der Waals surface area contributed by atoms with Crippen molar-refractivity contribution in [2.24, 2.45) is 11.1 Å². The molecule has 0 aromatic heterocycles. The second kappa shape index (κ2) is 1.99. The van der Waals surface area contributed by atoms with Gasteiger partial charge in [0.2, 0.25) is 0 Å². The summed E-state index contributed by atoms with van der Waals surface area (Å²) in [7, 11) is 0. The van der Waals surface area contributed by atoms with E-state index in [0.29, 0.717) is 13.2 Å². The summed E-state index contributed by atoms with van der Waals surface area (Å²) < 4.78 is 4.74. The van der Waals surface area contributed by atoms with E-state index in [1.54, 1.807) is 0 Å². The van der Waals surface area contributed by atoms with Gasteiger partial charge in [-0.3, -0.25) is 4.79 Å². The van der Waals surface area contributed by atoms with Crippen molar-refractivity contribution in [3.05, 3.63) is 0 Å². The summed E-state index contributed by atoms with van der Waals surface area (Å²) in [4.78, 5) is 10.8. The molecule has 1 rings (SSSR count). The summed E-state index contributed by atoms with van der Waals surface area (Å²) in [5.74, 6) is -0.148. The van der Waals surface area contributed by atoms with Crippen LogP contribution in [0.25, 0.3) is 0 Å². The van der Waals surface area contributed by atoms with E-state index in [0.717, 1.165) is 6.42 Å². The Balaban J connectivity index is 2.67. The predicted octanol–water partition coefficient (Wildman–Crippen LogP) is -0.102. The van der Waals surface area contributed by atoms with E-state index in [9.17, 15) is 4.79 Å². The number of esters is 1. The van der Waals surface area contributed by atoms with Gasteiger partial charge in [0.05, 0.1) is 12.0 Å². The SMILES string of the molecule is CC1(CN)CCOC1=O. The van der Waals surface area contributed by atoms with Gasteiger partial charge in [0.1, 0.15) is 0 Å². The van der Waals surface area contributed by atoms with E-state index in [2.05, 4.69) is 0 Å². The molecule has 1 aliphatic heterocycles. The fraction of sp³-hybridized carbons (Fsp3) is 0.833. The Morgan fingerprint density at radius 2 is 2.56 bits per heavy atom. The van der Waals surface area contributed by atoms with Crippen LogP contribution in [0.1, 0.15) is 13.3 Å². The van der Waals surface area contributed by atoms with Gasteiger partial charge in [-0.05, 0) is 13.3 Å². The van der Waals surface area contributed by atoms with E-state index in [-0.39, 0.29) is 11.4 Å². The molecular formula is C6H11NO2. The first-order chi connectivity index (χ1) is 4.19. The van der Waals surface area contributed by atoms with Gasteiger partial charge in [-0.25, -0.2) is 0 Å². The molecule has 3 nitrogen and oxygen atoms in total. The van der Waals surface area contributed by atoms with Crippen molar-refractivity contribution < 1.29 is 9.53 Å². The van der Waals surface area contributed by atoms with Crippen molar-refractivity contribution in [1.82, 2.24) is 0 Å². The first kappa shape index (κ1) is 6.55. The summed E-state index contributed by atoms with van der Waals surface area (Å²) in [5, 5.41) is 0. The van der Waals surface area contributed by atoms with Crippen molar-refractivity contribution in [3.8, 4) is 0 Å². The average molecular weight is 129 g/mol. The van der Waals surface area contributed by atoms with E-state index in [1.165, 1.54) is 0 Å². The Kier molecular flexibility index (Phi) is 1.45. The van der Waals surface area contributed by atoms with Gasteiger partial charge in [0.25, 0.3) is 0 Å². The van der Waals surface area contributed by atoms with E-state index in [1.807, 2.05) is 6.92 Å². The Bertz CT molecular complexity index is 135. The van der Waals surface area contributed by atoms with Crippen molar-refractivity contribution in [2.75, 3.05) is 13.2 Å². The lowest BCUT2D eigenvalue weighted by Gasteiger charge is -2.13. The van der Waals surface area contributed by atoms with E-state index >= 15 is 0 Å². The highest BCUT2D eigenvalue weighted by molar-refractivity contribution is 5.78. The van der Waals surface area contributed by atoms with Crippen LogP contribution >= 0.6 is 0 Å². The number of cyclic esters (lactones) is 1. The van der Waals surface area contributed by atoms with Crippen LogP contribution in [0.4, 0.5) is 0 Å². The number of ether oxygens (including phenoxy) is 1. The van der Waals surface area contributed by atoms with Crippen LogP contribution in [0.3, 0.4) is 0 Å². The number of carbonyl (C=O) groups excluding carboxylic acids is 1. The van der Waals surface area contributed by atoms with Gasteiger partial charge in [-0.2, -0.15) is 0 Å². The number of nitrogens with two attached hydrogens (primary N) is 1. The quantitative estimate of drug-likeness (QED) is 0.503. The number of hydrogen-bond donors (Lipinski definition) is 1. The van der Waals surface area contributed by atoms with Crippen molar-refractivity contribution in [2.45, 2.75) is 13.3 Å². The minimum Gasteiger partial charge on any atom is -0.465 e. The van der Waals surface area contributed by atoms with E-state index in [4.69, 9.17) is 10.5 Å². The molecule has 0 radical (unpaired) electrons. The molecule has 1 atom stereocenters. The molecule has 1 heterocycles. The van der Waals surface area contributed by atoms with Gasteiger partial charge in [0.15, 0.2) is 0 Å². The highest BCUT2D eigenvalue weighted by Gasteiger charge is 2.38. The van der Waals surface area contributed by atoms with Crippen LogP contribution in [0.15, 0.2) is 0 Å². The summed E-state index contributed by atoms with van der Waals surface area (Å²) in [6.07, 6.45) is 0.766. The zero-order valence-electron chi connectivity index (χ0n) is 5.52. The average Bonchev–Trinajstić information content (AvgIpc) is 2.15. The number of rotatable bonds is 1. The van der Waals surface area contributed by atoms with Gasteiger partial charge in [0, 0.05) is 6.54 Å². The fourth-order valence-electron chi connectivity index (χ4n) is 0.831. The molecule has 1 aliphatic rings. The first-order valence-electron chi connectivity index (χ1n) is 3.06. The molecule has 0 aliphatic carbocycles. The maximum absolute atomic E-state index is 10.8. The molecule has 0 aromatic carbocycles. The second-order valence-electron chi connectivity index (χ2n) is 2.65. The lowest BCUT2D eigenvalue weighted by Crippen LogP contribution is -2.31. The monoisotopic (exact) mass is 129 g/mol. The second-order valence-corrected chi connectivity index (χ2v) is 2.65. The summed E-state index contributed by atoms with van der Waals surface area (Å²) in [6.45, 7) is 2.76. The normalized spacial score (nSPS) is 34.7. The van der Waals surface area contributed by atoms with Gasteiger partial charge in [-0.15, -0.1) is 0 Å². The van der Waals surface area contributed by atoms with Gasteiger partial charge < -0.3 is 10.5 Å². The molecule has 0 saturated carbocycles. The highest BCUT2D eigenvalue weighted by atomic mass is 16.5. The molecule has 1 unspecified atom stereocenters. The summed E-state index contributed by atoms with van der Waals surface area (Å²) >= 11 is 0. The Morgan fingerprint density at radius 1 is 1.89 bits per heavy atom. The Labute approximate surface area is 54.2 Å². The molecule has 2 N–H and O–H groups in total. The smallest absolute Gasteiger partial charge is 0.313 e. The van der Waals surface area contributed by atoms with Crippen LogP contribution in [0.2, 0.25) is 0 Å². The highest BCUT2D eigenvalue weighted by Crippen LogP contribution is 2.27. The van der Waals surface area contributed by atoms with Gasteiger partial charge >= 0.3 is 5.97 Å². The number of carbonyl (C=O) groups is 1. The maximum Gasteiger partial charge on any atom is 0.313 e. The van der Waals surface area contributed by atoms with Crippen LogP contribution in [0, 0.1) is 5.41 Å². The van der Waals surface area contributed by atoms with Crippen molar-refractivity contribution >= 4 is 5.97 Å². The third kappa shape index (κ3) is 0.920. The molecule has 0 spiro atoms. The van der Waals surface area contributed by atoms with Crippen LogP contribution in [-0.2, 0) is 9.53 Å².